The van der Waals surface area contributed by atoms with Crippen LogP contribution in [0.5, 0.6) is 0 Å². The summed E-state index contributed by atoms with van der Waals surface area (Å²) in [6.07, 6.45) is 9.13. The summed E-state index contributed by atoms with van der Waals surface area (Å²) in [4.78, 5) is 9.24. The molecule has 1 aliphatic rings. The summed E-state index contributed by atoms with van der Waals surface area (Å²) >= 11 is 12.0. The number of aromatic nitrogens is 3. The number of imidazole rings is 1. The molecule has 0 radical (unpaired) electrons. The fraction of sp³-hybridized carbons (Fsp3) is 0.625. The molecule has 3 nitrogen and oxygen atoms in total. The molecule has 3 rings (SSSR count). The summed E-state index contributed by atoms with van der Waals surface area (Å²) in [5, 5.41) is 0.634. The minimum absolute atomic E-state index is 0.419. The minimum atomic E-state index is 0.419. The molecule has 1 fully saturated rings. The second-order valence-corrected chi connectivity index (χ2v) is 6.79. The molecule has 2 aromatic rings. The molecule has 0 bridgehead atoms. The first kappa shape index (κ1) is 15.1. The number of rotatable bonds is 4. The lowest BCUT2D eigenvalue weighted by Crippen LogP contribution is -2.21. The van der Waals surface area contributed by atoms with Crippen LogP contribution in [-0.4, -0.2) is 20.4 Å². The molecule has 0 aromatic carbocycles. The maximum atomic E-state index is 6.05. The van der Waals surface area contributed by atoms with Crippen LogP contribution in [-0.2, 0) is 6.42 Å². The maximum Gasteiger partial charge on any atom is 0.160 e. The second kappa shape index (κ2) is 6.53. The molecule has 1 unspecified atom stereocenters. The van der Waals surface area contributed by atoms with E-state index in [1.54, 1.807) is 6.20 Å². The van der Waals surface area contributed by atoms with Gasteiger partial charge in [0.1, 0.15) is 11.3 Å². The minimum Gasteiger partial charge on any atom is -0.310 e. The van der Waals surface area contributed by atoms with Crippen LogP contribution in [0.4, 0.5) is 0 Å². The number of hydrogen-bond donors (Lipinski definition) is 0. The Hall–Kier alpha value is -0.800. The number of fused-ring (bicyclic) bond motifs is 1. The van der Waals surface area contributed by atoms with Crippen LogP contribution >= 0.6 is 23.2 Å². The Balaban J connectivity index is 2.03. The SMILES string of the molecule is CC(C1CCCCC1)n1c(CCCl)nc2cc(Cl)cnc21. The molecule has 0 N–H and O–H groups in total. The number of aryl methyl sites for hydroxylation is 1. The molecule has 0 aliphatic heterocycles. The highest BCUT2D eigenvalue weighted by molar-refractivity contribution is 6.31. The number of pyridine rings is 1. The fourth-order valence-corrected chi connectivity index (χ4v) is 3.84. The van der Waals surface area contributed by atoms with Crippen molar-refractivity contribution < 1.29 is 0 Å². The quantitative estimate of drug-likeness (QED) is 0.740. The Kier molecular flexibility index (Phi) is 4.70. The van der Waals surface area contributed by atoms with E-state index in [2.05, 4.69) is 16.5 Å². The predicted octanol–water partition coefficient (Wildman–Crippen LogP) is 5.01. The van der Waals surface area contributed by atoms with E-state index < -0.39 is 0 Å². The van der Waals surface area contributed by atoms with E-state index >= 15 is 0 Å². The van der Waals surface area contributed by atoms with Crippen molar-refractivity contribution in [3.63, 3.8) is 0 Å². The molecule has 5 heteroatoms. The van der Waals surface area contributed by atoms with E-state index in [0.717, 1.165) is 23.4 Å². The van der Waals surface area contributed by atoms with Gasteiger partial charge in [-0.2, -0.15) is 0 Å². The van der Waals surface area contributed by atoms with E-state index in [0.29, 0.717) is 22.9 Å². The number of hydrogen-bond acceptors (Lipinski definition) is 2. The van der Waals surface area contributed by atoms with E-state index in [1.807, 2.05) is 6.07 Å². The Bertz CT molecular complexity index is 617. The molecule has 1 aliphatic carbocycles. The molecule has 114 valence electrons. The van der Waals surface area contributed by atoms with Gasteiger partial charge >= 0.3 is 0 Å². The van der Waals surface area contributed by atoms with Gasteiger partial charge in [-0.15, -0.1) is 11.6 Å². The third-order valence-corrected chi connectivity index (χ3v) is 5.02. The molecule has 1 atom stereocenters. The van der Waals surface area contributed by atoms with Crippen LogP contribution in [0.3, 0.4) is 0 Å². The lowest BCUT2D eigenvalue weighted by molar-refractivity contribution is 0.263. The first-order valence-corrected chi connectivity index (χ1v) is 8.70. The molecule has 0 saturated heterocycles. The Morgan fingerprint density at radius 2 is 2.10 bits per heavy atom. The molecule has 2 heterocycles. The number of halogens is 2. The molecular formula is C16H21Cl2N3. The van der Waals surface area contributed by atoms with E-state index in [4.69, 9.17) is 28.2 Å². The van der Waals surface area contributed by atoms with Gasteiger partial charge in [-0.05, 0) is 31.7 Å². The maximum absolute atomic E-state index is 6.05. The molecule has 2 aromatic heterocycles. The van der Waals surface area contributed by atoms with Crippen molar-refractivity contribution in [1.29, 1.82) is 0 Å². The highest BCUT2D eigenvalue weighted by Gasteiger charge is 2.25. The second-order valence-electron chi connectivity index (χ2n) is 5.97. The first-order valence-electron chi connectivity index (χ1n) is 7.79. The lowest BCUT2D eigenvalue weighted by Gasteiger charge is -2.29. The summed E-state index contributed by atoms with van der Waals surface area (Å²) in [7, 11) is 0. The molecular weight excluding hydrogens is 305 g/mol. The van der Waals surface area contributed by atoms with Crippen molar-refractivity contribution in [2.75, 3.05) is 5.88 Å². The van der Waals surface area contributed by atoms with Crippen molar-refractivity contribution in [2.45, 2.75) is 51.5 Å². The zero-order chi connectivity index (χ0) is 14.8. The predicted molar refractivity (Wildman–Crippen MR) is 88.2 cm³/mol. The Morgan fingerprint density at radius 3 is 2.81 bits per heavy atom. The van der Waals surface area contributed by atoms with E-state index in [-0.39, 0.29) is 0 Å². The number of nitrogens with zero attached hydrogens (tertiary/aromatic N) is 3. The lowest BCUT2D eigenvalue weighted by atomic mass is 9.84. The highest BCUT2D eigenvalue weighted by Crippen LogP contribution is 2.35. The summed E-state index contributed by atoms with van der Waals surface area (Å²) in [6.45, 7) is 2.30. The third-order valence-electron chi connectivity index (χ3n) is 4.63. The van der Waals surface area contributed by atoms with Gasteiger partial charge in [0.25, 0.3) is 0 Å². The van der Waals surface area contributed by atoms with Crippen molar-refractivity contribution in [2.24, 2.45) is 5.92 Å². The third kappa shape index (κ3) is 3.04. The molecule has 0 amide bonds. The van der Waals surface area contributed by atoms with Crippen LogP contribution < -0.4 is 0 Å². The zero-order valence-electron chi connectivity index (χ0n) is 12.4. The van der Waals surface area contributed by atoms with Gasteiger partial charge in [-0.25, -0.2) is 9.97 Å². The van der Waals surface area contributed by atoms with Crippen LogP contribution in [0.1, 0.15) is 50.9 Å². The average molecular weight is 326 g/mol. The average Bonchev–Trinajstić information content (AvgIpc) is 2.85. The summed E-state index contributed by atoms with van der Waals surface area (Å²) < 4.78 is 2.30. The normalized spacial score (nSPS) is 18.2. The van der Waals surface area contributed by atoms with Gasteiger partial charge in [0, 0.05) is 24.5 Å². The molecule has 0 spiro atoms. The van der Waals surface area contributed by atoms with Gasteiger partial charge in [0.2, 0.25) is 0 Å². The Labute approximate surface area is 135 Å². The van der Waals surface area contributed by atoms with Gasteiger partial charge in [-0.3, -0.25) is 0 Å². The van der Waals surface area contributed by atoms with Crippen LogP contribution in [0.25, 0.3) is 11.2 Å². The van der Waals surface area contributed by atoms with Crippen LogP contribution in [0, 0.1) is 5.92 Å². The number of alkyl halides is 1. The van der Waals surface area contributed by atoms with Crippen molar-refractivity contribution in [3.05, 3.63) is 23.1 Å². The smallest absolute Gasteiger partial charge is 0.160 e. The highest BCUT2D eigenvalue weighted by atomic mass is 35.5. The zero-order valence-corrected chi connectivity index (χ0v) is 13.9. The fourth-order valence-electron chi connectivity index (χ4n) is 3.52. The monoisotopic (exact) mass is 325 g/mol. The van der Waals surface area contributed by atoms with Crippen molar-refractivity contribution in [1.82, 2.24) is 14.5 Å². The summed E-state index contributed by atoms with van der Waals surface area (Å²) in [5.41, 5.74) is 1.82. The Morgan fingerprint density at radius 1 is 1.33 bits per heavy atom. The molecule has 21 heavy (non-hydrogen) atoms. The molecule has 1 saturated carbocycles. The van der Waals surface area contributed by atoms with Crippen molar-refractivity contribution in [3.8, 4) is 0 Å². The standard InChI is InChI=1S/C16H21Cl2N3/c1-11(12-5-3-2-4-6-12)21-15(7-8-17)20-14-9-13(18)10-19-16(14)21/h9-12H,2-8H2,1H3. The van der Waals surface area contributed by atoms with Crippen LogP contribution in [0.15, 0.2) is 12.3 Å². The van der Waals surface area contributed by atoms with E-state index in [1.165, 1.54) is 32.1 Å². The summed E-state index contributed by atoms with van der Waals surface area (Å²) in [6, 6.07) is 2.31. The topological polar surface area (TPSA) is 30.7 Å². The van der Waals surface area contributed by atoms with Crippen molar-refractivity contribution >= 4 is 34.4 Å². The first-order chi connectivity index (χ1) is 10.2. The van der Waals surface area contributed by atoms with Gasteiger partial charge in [0.05, 0.1) is 5.02 Å². The van der Waals surface area contributed by atoms with Crippen LogP contribution in [0.2, 0.25) is 5.02 Å². The summed E-state index contributed by atoms with van der Waals surface area (Å²) in [5.74, 6) is 2.32. The van der Waals surface area contributed by atoms with Gasteiger partial charge in [0.15, 0.2) is 5.65 Å². The largest absolute Gasteiger partial charge is 0.310 e. The van der Waals surface area contributed by atoms with Gasteiger partial charge in [-0.1, -0.05) is 30.9 Å². The van der Waals surface area contributed by atoms with Gasteiger partial charge < -0.3 is 4.57 Å². The van der Waals surface area contributed by atoms with E-state index in [9.17, 15) is 0 Å².